The molecule has 0 radical (unpaired) electrons. The van der Waals surface area contributed by atoms with Gasteiger partial charge in [-0.2, -0.15) is 0 Å². The zero-order valence-electron chi connectivity index (χ0n) is 12.7. The summed E-state index contributed by atoms with van der Waals surface area (Å²) in [6.07, 6.45) is 9.25. The number of hydrogen-bond donors (Lipinski definition) is 1. The molecule has 2 aliphatic carbocycles. The maximum absolute atomic E-state index is 5.99. The van der Waals surface area contributed by atoms with Crippen molar-refractivity contribution in [2.75, 3.05) is 13.6 Å². The van der Waals surface area contributed by atoms with Crippen LogP contribution in [-0.2, 0) is 6.42 Å². The highest BCUT2D eigenvalue weighted by Crippen LogP contribution is 2.38. The van der Waals surface area contributed by atoms with Gasteiger partial charge in [0.25, 0.3) is 0 Å². The molecule has 2 N–H and O–H groups in total. The van der Waals surface area contributed by atoms with Gasteiger partial charge in [-0.05, 0) is 62.7 Å². The maximum Gasteiger partial charge on any atom is 0.0350 e. The van der Waals surface area contributed by atoms with Crippen LogP contribution in [0.25, 0.3) is 0 Å². The van der Waals surface area contributed by atoms with E-state index < -0.39 is 0 Å². The highest BCUT2D eigenvalue weighted by Gasteiger charge is 2.34. The Kier molecular flexibility index (Phi) is 4.42. The first kappa shape index (κ1) is 14.1. The molecule has 3 unspecified atom stereocenters. The average Bonchev–Trinajstić information content (AvgIpc) is 2.86. The van der Waals surface area contributed by atoms with E-state index in [2.05, 4.69) is 36.2 Å². The summed E-state index contributed by atoms with van der Waals surface area (Å²) in [6.45, 7) is 0.851. The molecule has 0 aromatic heterocycles. The fourth-order valence-electron chi connectivity index (χ4n) is 4.38. The minimum absolute atomic E-state index is 0.603. The van der Waals surface area contributed by atoms with Crippen LogP contribution in [0.3, 0.4) is 0 Å². The summed E-state index contributed by atoms with van der Waals surface area (Å²) in [6, 6.07) is 10.4. The maximum atomic E-state index is 5.99. The van der Waals surface area contributed by atoms with Gasteiger partial charge < -0.3 is 5.73 Å². The fraction of sp³-hybridized carbons (Fsp3) is 0.667. The average molecular weight is 272 g/mol. The topological polar surface area (TPSA) is 29.3 Å². The Morgan fingerprint density at radius 2 is 1.95 bits per heavy atom. The van der Waals surface area contributed by atoms with Crippen LogP contribution in [0.1, 0.15) is 55.7 Å². The van der Waals surface area contributed by atoms with Gasteiger partial charge in [0.1, 0.15) is 0 Å². The van der Waals surface area contributed by atoms with Crippen LogP contribution in [0.5, 0.6) is 0 Å². The third kappa shape index (κ3) is 2.64. The van der Waals surface area contributed by atoms with E-state index in [4.69, 9.17) is 5.73 Å². The first-order chi connectivity index (χ1) is 9.81. The first-order valence-corrected chi connectivity index (χ1v) is 8.31. The standard InChI is InChI=1S/C18H28N2/c1-20(17-12-6-9-15(17)13-19)18-11-5-3-8-14-7-2-4-10-16(14)18/h2,4,7,10,15,17-18H,3,5-6,8-9,11-13,19H2,1H3. The highest BCUT2D eigenvalue weighted by atomic mass is 15.2. The van der Waals surface area contributed by atoms with E-state index in [0.29, 0.717) is 18.0 Å². The lowest BCUT2D eigenvalue weighted by Crippen LogP contribution is -2.40. The molecule has 0 bridgehead atoms. The second kappa shape index (κ2) is 6.28. The van der Waals surface area contributed by atoms with Gasteiger partial charge in [0.15, 0.2) is 0 Å². The summed E-state index contributed by atoms with van der Waals surface area (Å²) >= 11 is 0. The summed E-state index contributed by atoms with van der Waals surface area (Å²) < 4.78 is 0. The van der Waals surface area contributed by atoms with Crippen molar-refractivity contribution in [3.63, 3.8) is 0 Å². The van der Waals surface area contributed by atoms with Gasteiger partial charge in [-0.15, -0.1) is 0 Å². The molecule has 3 rings (SSSR count). The molecule has 20 heavy (non-hydrogen) atoms. The third-order valence-corrected chi connectivity index (χ3v) is 5.52. The molecule has 2 nitrogen and oxygen atoms in total. The van der Waals surface area contributed by atoms with Gasteiger partial charge in [0, 0.05) is 12.1 Å². The Balaban J connectivity index is 1.85. The Labute approximate surface area is 123 Å². The van der Waals surface area contributed by atoms with Crippen LogP contribution in [0.4, 0.5) is 0 Å². The molecule has 0 amide bonds. The third-order valence-electron chi connectivity index (χ3n) is 5.52. The van der Waals surface area contributed by atoms with Gasteiger partial charge in [-0.1, -0.05) is 37.1 Å². The summed E-state index contributed by atoms with van der Waals surface area (Å²) in [5.74, 6) is 0.704. The van der Waals surface area contributed by atoms with Crippen molar-refractivity contribution in [1.29, 1.82) is 0 Å². The first-order valence-electron chi connectivity index (χ1n) is 8.31. The number of fused-ring (bicyclic) bond motifs is 1. The van der Waals surface area contributed by atoms with Gasteiger partial charge in [0.05, 0.1) is 0 Å². The predicted octanol–water partition coefficient (Wildman–Crippen LogP) is 3.51. The second-order valence-electron chi connectivity index (χ2n) is 6.62. The van der Waals surface area contributed by atoms with E-state index in [1.54, 1.807) is 11.1 Å². The van der Waals surface area contributed by atoms with Crippen molar-refractivity contribution in [3.05, 3.63) is 35.4 Å². The van der Waals surface area contributed by atoms with E-state index in [-0.39, 0.29) is 0 Å². The molecule has 110 valence electrons. The lowest BCUT2D eigenvalue weighted by Gasteiger charge is -2.36. The molecule has 1 aromatic rings. The quantitative estimate of drug-likeness (QED) is 0.853. The van der Waals surface area contributed by atoms with Crippen LogP contribution in [0, 0.1) is 5.92 Å². The summed E-state index contributed by atoms with van der Waals surface area (Å²) in [4.78, 5) is 2.66. The molecule has 0 spiro atoms. The molecule has 1 saturated carbocycles. The van der Waals surface area contributed by atoms with Crippen molar-refractivity contribution >= 4 is 0 Å². The van der Waals surface area contributed by atoms with Crippen molar-refractivity contribution in [3.8, 4) is 0 Å². The molecule has 3 atom stereocenters. The number of hydrogen-bond acceptors (Lipinski definition) is 2. The minimum Gasteiger partial charge on any atom is -0.330 e. The normalized spacial score (nSPS) is 30.2. The Morgan fingerprint density at radius 3 is 2.80 bits per heavy atom. The molecule has 2 aliphatic rings. The molecule has 0 saturated heterocycles. The van der Waals surface area contributed by atoms with Crippen LogP contribution >= 0.6 is 0 Å². The zero-order chi connectivity index (χ0) is 13.9. The summed E-state index contributed by atoms with van der Waals surface area (Å²) in [5, 5.41) is 0. The minimum atomic E-state index is 0.603. The van der Waals surface area contributed by atoms with E-state index in [0.717, 1.165) is 6.54 Å². The number of aryl methyl sites for hydroxylation is 1. The molecule has 2 heteroatoms. The molecular weight excluding hydrogens is 244 g/mol. The van der Waals surface area contributed by atoms with Crippen LogP contribution in [0.15, 0.2) is 24.3 Å². The molecule has 1 aromatic carbocycles. The van der Waals surface area contributed by atoms with Crippen LogP contribution in [0.2, 0.25) is 0 Å². The number of nitrogens with zero attached hydrogens (tertiary/aromatic N) is 1. The van der Waals surface area contributed by atoms with Crippen molar-refractivity contribution in [2.24, 2.45) is 11.7 Å². The number of rotatable bonds is 3. The summed E-state index contributed by atoms with van der Waals surface area (Å²) in [5.41, 5.74) is 9.14. The van der Waals surface area contributed by atoms with Crippen molar-refractivity contribution in [1.82, 2.24) is 4.90 Å². The molecule has 1 fully saturated rings. The van der Waals surface area contributed by atoms with Crippen LogP contribution in [-0.4, -0.2) is 24.5 Å². The SMILES string of the molecule is CN(C1CCCCc2ccccc21)C1CCCC1CN. The van der Waals surface area contributed by atoms with E-state index >= 15 is 0 Å². The largest absolute Gasteiger partial charge is 0.330 e. The lowest BCUT2D eigenvalue weighted by molar-refractivity contribution is 0.135. The predicted molar refractivity (Wildman–Crippen MR) is 84.7 cm³/mol. The number of nitrogens with two attached hydrogens (primary N) is 1. The monoisotopic (exact) mass is 272 g/mol. The fourth-order valence-corrected chi connectivity index (χ4v) is 4.38. The molecular formula is C18H28N2. The number of benzene rings is 1. The molecule has 0 aliphatic heterocycles. The zero-order valence-corrected chi connectivity index (χ0v) is 12.7. The summed E-state index contributed by atoms with van der Waals surface area (Å²) in [7, 11) is 2.34. The smallest absolute Gasteiger partial charge is 0.0350 e. The van der Waals surface area contributed by atoms with Crippen LogP contribution < -0.4 is 5.73 Å². The highest BCUT2D eigenvalue weighted by molar-refractivity contribution is 5.31. The Bertz CT molecular complexity index is 443. The van der Waals surface area contributed by atoms with Crippen molar-refractivity contribution in [2.45, 2.75) is 57.0 Å². The van der Waals surface area contributed by atoms with Gasteiger partial charge in [0.2, 0.25) is 0 Å². The van der Waals surface area contributed by atoms with Crippen molar-refractivity contribution < 1.29 is 0 Å². The molecule has 0 heterocycles. The Morgan fingerprint density at radius 1 is 1.10 bits per heavy atom. The van der Waals surface area contributed by atoms with Gasteiger partial charge in [-0.25, -0.2) is 0 Å². The second-order valence-corrected chi connectivity index (χ2v) is 6.62. The van der Waals surface area contributed by atoms with E-state index in [1.807, 2.05) is 0 Å². The Hall–Kier alpha value is -0.860. The van der Waals surface area contributed by atoms with Gasteiger partial charge in [-0.3, -0.25) is 4.90 Å². The van der Waals surface area contributed by atoms with Gasteiger partial charge >= 0.3 is 0 Å². The van der Waals surface area contributed by atoms with E-state index in [9.17, 15) is 0 Å². The lowest BCUT2D eigenvalue weighted by atomic mass is 9.94. The van der Waals surface area contributed by atoms with E-state index in [1.165, 1.54) is 44.9 Å².